The van der Waals surface area contributed by atoms with Gasteiger partial charge in [0.15, 0.2) is 12.6 Å². The van der Waals surface area contributed by atoms with Crippen molar-refractivity contribution in [2.45, 2.75) is 61.4 Å². The van der Waals surface area contributed by atoms with Crippen LogP contribution in [0.4, 0.5) is 0 Å². The third kappa shape index (κ3) is 5.41. The van der Waals surface area contributed by atoms with Gasteiger partial charge in [-0.3, -0.25) is 4.52 Å². The van der Waals surface area contributed by atoms with Gasteiger partial charge < -0.3 is 59.7 Å². The van der Waals surface area contributed by atoms with Crippen LogP contribution < -0.4 is 0 Å². The SMILES string of the molecule is O=P(O)(O)OC[C@H]1O[C@@H](O[C@H]2[C@H](O)[C@@H](O)C(O)O[C@@H]2CO)[C@H](O)[C@@H](O)[C@H]1O. The maximum absolute atomic E-state index is 10.8. The predicted octanol–water partition coefficient (Wildman–Crippen LogP) is -5.28. The molecular formula is C12H23O14P. The molecule has 1 unspecified atom stereocenters. The van der Waals surface area contributed by atoms with Crippen molar-refractivity contribution in [2.75, 3.05) is 13.2 Å². The number of phosphoric acid groups is 1. The van der Waals surface area contributed by atoms with E-state index in [1.54, 1.807) is 0 Å². The minimum Gasteiger partial charge on any atom is -0.394 e. The van der Waals surface area contributed by atoms with Crippen molar-refractivity contribution < 1.29 is 68.8 Å². The molecule has 2 fully saturated rings. The number of rotatable bonds is 6. The summed E-state index contributed by atoms with van der Waals surface area (Å²) in [6.07, 6.45) is -17.1. The molecule has 15 heteroatoms. The van der Waals surface area contributed by atoms with E-state index in [2.05, 4.69) is 4.52 Å². The molecule has 160 valence electrons. The van der Waals surface area contributed by atoms with Crippen molar-refractivity contribution in [2.24, 2.45) is 0 Å². The lowest BCUT2D eigenvalue weighted by Crippen LogP contribution is -2.64. The highest BCUT2D eigenvalue weighted by Crippen LogP contribution is 2.37. The smallest absolute Gasteiger partial charge is 0.394 e. The molecule has 0 spiro atoms. The standard InChI is InChI=1S/C12H23O14P/c13-1-3-10(7(16)8(17)11(19)24-3)26-12-9(18)6(15)5(14)4(25-12)2-23-27(20,21)22/h3-19H,1-2H2,(H2,20,21,22)/t3-,4-,5+,6+,7-,8-,9-,10-,11?,12+/m1/s1. The zero-order valence-electron chi connectivity index (χ0n) is 13.7. The second-order valence-corrected chi connectivity index (χ2v) is 7.37. The molecule has 2 aliphatic heterocycles. The summed E-state index contributed by atoms with van der Waals surface area (Å²) >= 11 is 0. The third-order valence-electron chi connectivity index (χ3n) is 4.21. The molecule has 2 heterocycles. The summed E-state index contributed by atoms with van der Waals surface area (Å²) in [6.45, 7) is -1.63. The highest BCUT2D eigenvalue weighted by Gasteiger charge is 2.50. The van der Waals surface area contributed by atoms with Gasteiger partial charge in [0.25, 0.3) is 0 Å². The molecule has 9 N–H and O–H groups in total. The Bertz CT molecular complexity index is 526. The van der Waals surface area contributed by atoms with Gasteiger partial charge in [0.2, 0.25) is 0 Å². The zero-order valence-corrected chi connectivity index (χ0v) is 14.6. The minimum absolute atomic E-state index is 0.760. The molecule has 0 bridgehead atoms. The first kappa shape index (κ1) is 23.0. The normalized spacial score (nSPS) is 46.4. The summed E-state index contributed by atoms with van der Waals surface area (Å²) in [5.74, 6) is 0. The van der Waals surface area contributed by atoms with Crippen LogP contribution in [0, 0.1) is 0 Å². The van der Waals surface area contributed by atoms with Crippen molar-refractivity contribution >= 4 is 7.82 Å². The first-order valence-corrected chi connectivity index (χ1v) is 9.35. The van der Waals surface area contributed by atoms with Crippen molar-refractivity contribution in [1.29, 1.82) is 0 Å². The Kier molecular flexibility index (Phi) is 7.68. The molecule has 0 amide bonds. The molecule has 0 aromatic rings. The Morgan fingerprint density at radius 2 is 1.44 bits per heavy atom. The van der Waals surface area contributed by atoms with Crippen LogP contribution in [0.5, 0.6) is 0 Å². The maximum Gasteiger partial charge on any atom is 0.469 e. The van der Waals surface area contributed by atoms with Gasteiger partial charge in [0.1, 0.15) is 48.8 Å². The number of aliphatic hydroxyl groups excluding tert-OH is 7. The molecule has 2 rings (SSSR count). The van der Waals surface area contributed by atoms with E-state index in [-0.39, 0.29) is 0 Å². The predicted molar refractivity (Wildman–Crippen MR) is 79.5 cm³/mol. The van der Waals surface area contributed by atoms with Gasteiger partial charge >= 0.3 is 7.82 Å². The van der Waals surface area contributed by atoms with Gasteiger partial charge in [-0.05, 0) is 0 Å². The number of phosphoric ester groups is 1. The summed E-state index contributed by atoms with van der Waals surface area (Å²) in [4.78, 5) is 17.4. The van der Waals surface area contributed by atoms with E-state index in [9.17, 15) is 40.3 Å². The zero-order chi connectivity index (χ0) is 20.5. The topological polar surface area (TPSA) is 236 Å². The molecule has 0 aromatic carbocycles. The molecule has 10 atom stereocenters. The van der Waals surface area contributed by atoms with Gasteiger partial charge in [-0.25, -0.2) is 4.57 Å². The van der Waals surface area contributed by atoms with Crippen LogP contribution in [0.15, 0.2) is 0 Å². The molecule has 2 aliphatic rings. The molecule has 0 aliphatic carbocycles. The maximum atomic E-state index is 10.8. The van der Waals surface area contributed by atoms with Gasteiger partial charge in [-0.15, -0.1) is 0 Å². The monoisotopic (exact) mass is 422 g/mol. The van der Waals surface area contributed by atoms with E-state index in [1.165, 1.54) is 0 Å². The Hall–Kier alpha value is -0.290. The molecule has 0 aromatic heterocycles. The Morgan fingerprint density at radius 3 is 2.00 bits per heavy atom. The summed E-state index contributed by atoms with van der Waals surface area (Å²) in [5, 5.41) is 68.1. The first-order valence-electron chi connectivity index (χ1n) is 7.82. The van der Waals surface area contributed by atoms with E-state index in [4.69, 9.17) is 24.0 Å². The van der Waals surface area contributed by atoms with Gasteiger partial charge in [-0.1, -0.05) is 0 Å². The van der Waals surface area contributed by atoms with E-state index in [1.807, 2.05) is 0 Å². The van der Waals surface area contributed by atoms with Crippen LogP contribution in [0.25, 0.3) is 0 Å². The summed E-state index contributed by atoms with van der Waals surface area (Å²) in [6, 6.07) is 0. The Labute approximate surface area is 152 Å². The lowest BCUT2D eigenvalue weighted by molar-refractivity contribution is -0.354. The van der Waals surface area contributed by atoms with Crippen LogP contribution in [0.3, 0.4) is 0 Å². The fourth-order valence-corrected chi connectivity index (χ4v) is 3.07. The summed E-state index contributed by atoms with van der Waals surface area (Å²) < 4.78 is 30.3. The molecule has 14 nitrogen and oxygen atoms in total. The number of hydrogen-bond donors (Lipinski definition) is 9. The van der Waals surface area contributed by atoms with Crippen LogP contribution in [0.2, 0.25) is 0 Å². The van der Waals surface area contributed by atoms with Crippen LogP contribution in [0.1, 0.15) is 0 Å². The van der Waals surface area contributed by atoms with Crippen molar-refractivity contribution in [1.82, 2.24) is 0 Å². The summed E-state index contributed by atoms with van der Waals surface area (Å²) in [5.41, 5.74) is 0. The highest BCUT2D eigenvalue weighted by molar-refractivity contribution is 7.46. The lowest BCUT2D eigenvalue weighted by atomic mass is 9.97. The van der Waals surface area contributed by atoms with Crippen LogP contribution in [-0.4, -0.2) is 120 Å². The second-order valence-electron chi connectivity index (χ2n) is 6.13. The van der Waals surface area contributed by atoms with E-state index in [0.717, 1.165) is 0 Å². The quantitative estimate of drug-likeness (QED) is 0.182. The van der Waals surface area contributed by atoms with Gasteiger partial charge in [-0.2, -0.15) is 0 Å². The molecule has 0 saturated carbocycles. The third-order valence-corrected chi connectivity index (χ3v) is 4.69. The summed E-state index contributed by atoms with van der Waals surface area (Å²) in [7, 11) is -4.92. The Balaban J connectivity index is 2.11. The van der Waals surface area contributed by atoms with Crippen molar-refractivity contribution in [3.8, 4) is 0 Å². The second kappa shape index (κ2) is 9.02. The van der Waals surface area contributed by atoms with Crippen LogP contribution in [-0.2, 0) is 23.3 Å². The highest BCUT2D eigenvalue weighted by atomic mass is 31.2. The Morgan fingerprint density at radius 1 is 0.815 bits per heavy atom. The molecule has 0 radical (unpaired) electrons. The average Bonchev–Trinajstić information content (AvgIpc) is 2.60. The fourth-order valence-electron chi connectivity index (χ4n) is 2.73. The van der Waals surface area contributed by atoms with Crippen LogP contribution >= 0.6 is 7.82 Å². The van der Waals surface area contributed by atoms with Gasteiger partial charge in [0, 0.05) is 0 Å². The molecule has 27 heavy (non-hydrogen) atoms. The molecular weight excluding hydrogens is 399 g/mol. The number of aliphatic hydroxyl groups is 7. The molecule has 2 saturated heterocycles. The number of ether oxygens (including phenoxy) is 3. The van der Waals surface area contributed by atoms with Gasteiger partial charge in [0.05, 0.1) is 13.2 Å². The average molecular weight is 422 g/mol. The lowest BCUT2D eigenvalue weighted by Gasteiger charge is -2.45. The van der Waals surface area contributed by atoms with E-state index in [0.29, 0.717) is 0 Å². The largest absolute Gasteiger partial charge is 0.469 e. The first-order chi connectivity index (χ1) is 12.5. The minimum atomic E-state index is -4.92. The number of hydrogen-bond acceptors (Lipinski definition) is 12. The fraction of sp³-hybridized carbons (Fsp3) is 1.00. The van der Waals surface area contributed by atoms with Crippen molar-refractivity contribution in [3.05, 3.63) is 0 Å². The van der Waals surface area contributed by atoms with Crippen molar-refractivity contribution in [3.63, 3.8) is 0 Å². The van der Waals surface area contributed by atoms with E-state index < -0.39 is 82.4 Å². The van der Waals surface area contributed by atoms with E-state index >= 15 is 0 Å².